The first-order valence-electron chi connectivity index (χ1n) is 6.14. The molecule has 1 aliphatic heterocycles. The summed E-state index contributed by atoms with van der Waals surface area (Å²) in [4.78, 5) is 11.9. The predicted molar refractivity (Wildman–Crippen MR) is 75.6 cm³/mol. The van der Waals surface area contributed by atoms with Crippen LogP contribution < -0.4 is 5.32 Å². The normalized spacial score (nSPS) is 20.4. The molecule has 0 bridgehead atoms. The zero-order valence-corrected chi connectivity index (χ0v) is 11.8. The molecule has 19 heavy (non-hydrogen) atoms. The van der Waals surface area contributed by atoms with Gasteiger partial charge in [0.05, 0.1) is 5.75 Å². The van der Waals surface area contributed by atoms with Crippen molar-refractivity contribution in [3.05, 3.63) is 40.8 Å². The van der Waals surface area contributed by atoms with Gasteiger partial charge in [-0.05, 0) is 25.5 Å². The molecule has 2 rings (SSSR count). The summed E-state index contributed by atoms with van der Waals surface area (Å²) in [6, 6.07) is 5.79. The average molecular weight is 279 g/mol. The summed E-state index contributed by atoms with van der Waals surface area (Å²) < 4.78 is 22.5. The molecule has 1 aliphatic rings. The van der Waals surface area contributed by atoms with Gasteiger partial charge >= 0.3 is 0 Å². The van der Waals surface area contributed by atoms with Gasteiger partial charge in [-0.25, -0.2) is 8.42 Å². The summed E-state index contributed by atoms with van der Waals surface area (Å²) in [5, 5.41) is 4.02. The van der Waals surface area contributed by atoms with Crippen LogP contribution in [0.2, 0.25) is 0 Å². The van der Waals surface area contributed by atoms with E-state index in [4.69, 9.17) is 0 Å². The van der Waals surface area contributed by atoms with Crippen LogP contribution in [0.5, 0.6) is 0 Å². The topological polar surface area (TPSA) is 63.2 Å². The number of sulfone groups is 1. The molecular weight excluding hydrogens is 262 g/mol. The van der Waals surface area contributed by atoms with Crippen LogP contribution in [0.4, 0.5) is 5.69 Å². The number of carbonyl (C=O) groups excluding carboxylic acids is 1. The minimum atomic E-state index is -3.09. The second kappa shape index (κ2) is 5.17. The number of allylic oxidation sites excluding steroid dienone is 1. The molecule has 0 saturated heterocycles. The number of aryl methyl sites for hydroxylation is 2. The highest BCUT2D eigenvalue weighted by Gasteiger charge is 2.23. The average Bonchev–Trinajstić information content (AvgIpc) is 2.62. The van der Waals surface area contributed by atoms with E-state index in [-0.39, 0.29) is 24.0 Å². The maximum Gasteiger partial charge on any atom is 0.225 e. The lowest BCUT2D eigenvalue weighted by molar-refractivity contribution is -0.116. The Morgan fingerprint density at radius 3 is 2.68 bits per heavy atom. The van der Waals surface area contributed by atoms with E-state index in [0.29, 0.717) is 0 Å². The lowest BCUT2D eigenvalue weighted by atomic mass is 10.1. The van der Waals surface area contributed by atoms with Crippen LogP contribution >= 0.6 is 0 Å². The van der Waals surface area contributed by atoms with Gasteiger partial charge in [0.1, 0.15) is 0 Å². The van der Waals surface area contributed by atoms with Crippen molar-refractivity contribution in [2.24, 2.45) is 5.92 Å². The number of anilines is 1. The summed E-state index contributed by atoms with van der Waals surface area (Å²) in [6.07, 6.45) is 1.79. The minimum absolute atomic E-state index is 0.0350. The molecule has 1 aromatic rings. The van der Waals surface area contributed by atoms with E-state index in [0.717, 1.165) is 16.8 Å². The van der Waals surface area contributed by atoms with Gasteiger partial charge in [-0.2, -0.15) is 0 Å². The number of benzene rings is 1. The first-order chi connectivity index (χ1) is 8.85. The summed E-state index contributed by atoms with van der Waals surface area (Å²) >= 11 is 0. The Labute approximate surface area is 113 Å². The molecule has 102 valence electrons. The zero-order chi connectivity index (χ0) is 14.0. The molecule has 0 fully saturated rings. The molecule has 1 N–H and O–H groups in total. The molecule has 0 aromatic heterocycles. The molecule has 0 unspecified atom stereocenters. The summed E-state index contributed by atoms with van der Waals surface area (Å²) in [6.45, 7) is 3.93. The van der Waals surface area contributed by atoms with E-state index < -0.39 is 9.84 Å². The monoisotopic (exact) mass is 279 g/mol. The Morgan fingerprint density at radius 2 is 2.11 bits per heavy atom. The van der Waals surface area contributed by atoms with Crippen LogP contribution in [0.15, 0.2) is 29.7 Å². The fourth-order valence-corrected chi connectivity index (χ4v) is 3.56. The first kappa shape index (κ1) is 13.8. The standard InChI is InChI=1S/C14H17NO3S/c1-10-3-4-13(11(2)7-10)15-14(16)8-12-5-6-19(17,18)9-12/h3-7,12H,8-9H2,1-2H3,(H,15,16)/t12-/m1/s1. The van der Waals surface area contributed by atoms with E-state index in [1.807, 2.05) is 32.0 Å². The number of rotatable bonds is 3. The van der Waals surface area contributed by atoms with Gasteiger partial charge in [0, 0.05) is 23.4 Å². The van der Waals surface area contributed by atoms with Crippen LogP contribution in [-0.2, 0) is 14.6 Å². The zero-order valence-electron chi connectivity index (χ0n) is 11.0. The Morgan fingerprint density at radius 1 is 1.37 bits per heavy atom. The van der Waals surface area contributed by atoms with Crippen LogP contribution in [0.25, 0.3) is 0 Å². The highest BCUT2D eigenvalue weighted by atomic mass is 32.2. The summed E-state index contributed by atoms with van der Waals surface area (Å²) in [5.41, 5.74) is 2.92. The molecule has 5 heteroatoms. The molecular formula is C14H17NO3S. The molecule has 0 saturated carbocycles. The lowest BCUT2D eigenvalue weighted by Gasteiger charge is -2.11. The van der Waals surface area contributed by atoms with Crippen molar-refractivity contribution < 1.29 is 13.2 Å². The van der Waals surface area contributed by atoms with Crippen molar-refractivity contribution in [2.75, 3.05) is 11.1 Å². The van der Waals surface area contributed by atoms with Gasteiger partial charge in [-0.15, -0.1) is 0 Å². The maximum absolute atomic E-state index is 11.9. The lowest BCUT2D eigenvalue weighted by Crippen LogP contribution is -2.18. The van der Waals surface area contributed by atoms with Crippen molar-refractivity contribution in [3.63, 3.8) is 0 Å². The maximum atomic E-state index is 11.9. The van der Waals surface area contributed by atoms with Crippen LogP contribution in [-0.4, -0.2) is 20.1 Å². The quantitative estimate of drug-likeness (QED) is 0.922. The molecule has 0 radical (unpaired) electrons. The fourth-order valence-electron chi connectivity index (χ4n) is 2.16. The van der Waals surface area contributed by atoms with Gasteiger partial charge in [-0.3, -0.25) is 4.79 Å². The van der Waals surface area contributed by atoms with Gasteiger partial charge in [0.25, 0.3) is 0 Å². The highest BCUT2D eigenvalue weighted by molar-refractivity contribution is 7.94. The van der Waals surface area contributed by atoms with E-state index in [2.05, 4.69) is 5.32 Å². The fraction of sp³-hybridized carbons (Fsp3) is 0.357. The molecule has 0 spiro atoms. The van der Waals surface area contributed by atoms with Gasteiger partial charge < -0.3 is 5.32 Å². The van der Waals surface area contributed by atoms with E-state index in [1.54, 1.807) is 6.08 Å². The second-order valence-corrected chi connectivity index (χ2v) is 6.92. The largest absolute Gasteiger partial charge is 0.326 e. The number of hydrogen-bond donors (Lipinski definition) is 1. The predicted octanol–water partition coefficient (Wildman–Crippen LogP) is 2.19. The number of nitrogens with one attached hydrogen (secondary N) is 1. The first-order valence-corrected chi connectivity index (χ1v) is 7.85. The second-order valence-electron chi connectivity index (χ2n) is 4.99. The Hall–Kier alpha value is -1.62. The SMILES string of the molecule is Cc1ccc(NC(=O)C[C@H]2C=CS(=O)(=O)C2)c(C)c1. The molecule has 4 nitrogen and oxygen atoms in total. The number of hydrogen-bond acceptors (Lipinski definition) is 3. The number of carbonyl (C=O) groups is 1. The third-order valence-corrected chi connectivity index (χ3v) is 4.57. The summed E-state index contributed by atoms with van der Waals surface area (Å²) in [7, 11) is -3.09. The molecule has 1 amide bonds. The minimum Gasteiger partial charge on any atom is -0.326 e. The van der Waals surface area contributed by atoms with Gasteiger partial charge in [-0.1, -0.05) is 23.8 Å². The van der Waals surface area contributed by atoms with Crippen LogP contribution in [0, 0.1) is 19.8 Å². The van der Waals surface area contributed by atoms with Crippen molar-refractivity contribution >= 4 is 21.4 Å². The van der Waals surface area contributed by atoms with E-state index in [1.165, 1.54) is 5.41 Å². The Balaban J connectivity index is 1.97. The van der Waals surface area contributed by atoms with Crippen molar-refractivity contribution in [1.29, 1.82) is 0 Å². The van der Waals surface area contributed by atoms with Gasteiger partial charge in [0.15, 0.2) is 9.84 Å². The van der Waals surface area contributed by atoms with Crippen LogP contribution in [0.1, 0.15) is 17.5 Å². The van der Waals surface area contributed by atoms with Crippen LogP contribution in [0.3, 0.4) is 0 Å². The highest BCUT2D eigenvalue weighted by Crippen LogP contribution is 2.20. The molecule has 0 aliphatic carbocycles. The Kier molecular flexibility index (Phi) is 3.75. The summed E-state index contributed by atoms with van der Waals surface area (Å²) in [5.74, 6) is -0.331. The van der Waals surface area contributed by atoms with Crippen molar-refractivity contribution in [3.8, 4) is 0 Å². The number of amides is 1. The Bertz CT molecular complexity index is 632. The van der Waals surface area contributed by atoms with E-state index in [9.17, 15) is 13.2 Å². The van der Waals surface area contributed by atoms with E-state index >= 15 is 0 Å². The van der Waals surface area contributed by atoms with Crippen molar-refractivity contribution in [2.45, 2.75) is 20.3 Å². The van der Waals surface area contributed by atoms with Gasteiger partial charge in [0.2, 0.25) is 5.91 Å². The molecule has 1 atom stereocenters. The molecule has 1 heterocycles. The third kappa shape index (κ3) is 3.67. The molecule has 1 aromatic carbocycles. The van der Waals surface area contributed by atoms with Crippen molar-refractivity contribution in [1.82, 2.24) is 0 Å². The smallest absolute Gasteiger partial charge is 0.225 e. The third-order valence-electron chi connectivity index (χ3n) is 3.11.